The molecule has 0 unspecified atom stereocenters. The van der Waals surface area contributed by atoms with Gasteiger partial charge in [-0.2, -0.15) is 10.2 Å². The molecule has 0 fully saturated rings. The van der Waals surface area contributed by atoms with Gasteiger partial charge in [0.15, 0.2) is 0 Å². The molecule has 1 N–H and O–H groups in total. The maximum absolute atomic E-state index is 10.6. The zero-order valence-corrected chi connectivity index (χ0v) is 11.3. The van der Waals surface area contributed by atoms with Gasteiger partial charge in [0.2, 0.25) is 0 Å². The molecule has 0 saturated heterocycles. The Morgan fingerprint density at radius 1 is 1.19 bits per heavy atom. The molecule has 0 heterocycles. The van der Waals surface area contributed by atoms with Crippen LogP contribution in [0.15, 0.2) is 58.7 Å². The van der Waals surface area contributed by atoms with E-state index >= 15 is 0 Å². The summed E-state index contributed by atoms with van der Waals surface area (Å²) in [7, 11) is 0. The summed E-state index contributed by atoms with van der Waals surface area (Å²) in [6.45, 7) is 1.75. The summed E-state index contributed by atoms with van der Waals surface area (Å²) < 4.78 is 0. The fourth-order valence-electron chi connectivity index (χ4n) is 1.66. The van der Waals surface area contributed by atoms with Crippen molar-refractivity contribution in [2.24, 2.45) is 10.2 Å². The van der Waals surface area contributed by atoms with Gasteiger partial charge >= 0.3 is 0 Å². The summed E-state index contributed by atoms with van der Waals surface area (Å²) >= 11 is 0. The van der Waals surface area contributed by atoms with Gasteiger partial charge in [0, 0.05) is 17.7 Å². The number of hydrogen-bond acceptors (Lipinski definition) is 5. The predicted octanol–water partition coefficient (Wildman–Crippen LogP) is 3.14. The lowest BCUT2D eigenvalue weighted by atomic mass is 10.1. The molecule has 0 aromatic heterocycles. The van der Waals surface area contributed by atoms with Gasteiger partial charge in [-0.05, 0) is 36.8 Å². The van der Waals surface area contributed by atoms with E-state index in [1.54, 1.807) is 43.3 Å². The molecule has 2 rings (SSSR count). The molecule has 0 saturated carbocycles. The number of nitro groups is 1. The fourth-order valence-corrected chi connectivity index (χ4v) is 1.66. The van der Waals surface area contributed by atoms with E-state index in [1.165, 1.54) is 18.3 Å². The molecule has 0 atom stereocenters. The third-order valence-electron chi connectivity index (χ3n) is 2.84. The number of benzene rings is 2. The molecular weight excluding hydrogens is 270 g/mol. The summed E-state index contributed by atoms with van der Waals surface area (Å²) in [5.41, 5.74) is 1.97. The van der Waals surface area contributed by atoms with Crippen LogP contribution in [0.3, 0.4) is 0 Å². The van der Waals surface area contributed by atoms with Crippen LogP contribution in [0.25, 0.3) is 0 Å². The van der Waals surface area contributed by atoms with E-state index in [9.17, 15) is 15.2 Å². The monoisotopic (exact) mass is 283 g/mol. The number of nitro benzene ring substituents is 1. The quantitative estimate of drug-likeness (QED) is 0.531. The maximum atomic E-state index is 10.6. The van der Waals surface area contributed by atoms with Crippen LogP contribution in [0.4, 0.5) is 5.69 Å². The first kappa shape index (κ1) is 14.4. The first-order valence-electron chi connectivity index (χ1n) is 6.18. The average molecular weight is 283 g/mol. The Labute approximate surface area is 121 Å². The smallest absolute Gasteiger partial charge is 0.269 e. The van der Waals surface area contributed by atoms with Crippen molar-refractivity contribution in [1.82, 2.24) is 0 Å². The third-order valence-corrected chi connectivity index (χ3v) is 2.84. The highest BCUT2D eigenvalue weighted by Crippen LogP contribution is 2.14. The van der Waals surface area contributed by atoms with Crippen LogP contribution in [0.2, 0.25) is 0 Å². The number of hydrogen-bond donors (Lipinski definition) is 1. The normalized spacial score (nSPS) is 11.8. The highest BCUT2D eigenvalue weighted by Gasteiger charge is 2.05. The first-order chi connectivity index (χ1) is 10.1. The van der Waals surface area contributed by atoms with Gasteiger partial charge in [-0.3, -0.25) is 10.1 Å². The molecule has 0 aliphatic rings. The Hall–Kier alpha value is -3.02. The molecule has 0 aliphatic carbocycles. The molecule has 6 nitrogen and oxygen atoms in total. The van der Waals surface area contributed by atoms with Crippen molar-refractivity contribution in [3.63, 3.8) is 0 Å². The number of phenolic OH excluding ortho intramolecular Hbond substituents is 1. The lowest BCUT2D eigenvalue weighted by Crippen LogP contribution is -1.95. The Bertz CT molecular complexity index is 706. The number of rotatable bonds is 4. The first-order valence-corrected chi connectivity index (χ1v) is 6.18. The van der Waals surface area contributed by atoms with Crippen molar-refractivity contribution >= 4 is 17.6 Å². The lowest BCUT2D eigenvalue weighted by molar-refractivity contribution is -0.384. The van der Waals surface area contributed by atoms with Gasteiger partial charge in [-0.15, -0.1) is 0 Å². The van der Waals surface area contributed by atoms with Crippen molar-refractivity contribution in [3.05, 3.63) is 69.8 Å². The number of aromatic hydroxyl groups is 1. The SMILES string of the molecule is C/C(=N\N=C\c1ccccc1O)c1ccc([N+](=O)[O-])cc1. The maximum Gasteiger partial charge on any atom is 0.269 e. The second kappa shape index (κ2) is 6.42. The zero-order chi connectivity index (χ0) is 15.2. The Morgan fingerprint density at radius 2 is 1.86 bits per heavy atom. The molecule has 0 amide bonds. The molecular formula is C15H13N3O3. The third kappa shape index (κ3) is 3.73. The number of nitrogens with zero attached hydrogens (tertiary/aromatic N) is 3. The summed E-state index contributed by atoms with van der Waals surface area (Å²) in [6.07, 6.45) is 1.45. The van der Waals surface area contributed by atoms with E-state index in [2.05, 4.69) is 10.2 Å². The van der Waals surface area contributed by atoms with Gasteiger partial charge in [0.05, 0.1) is 16.8 Å². The van der Waals surface area contributed by atoms with Gasteiger partial charge in [0.1, 0.15) is 5.75 Å². The van der Waals surface area contributed by atoms with Gasteiger partial charge in [-0.25, -0.2) is 0 Å². The Balaban J connectivity index is 2.14. The Morgan fingerprint density at radius 3 is 2.48 bits per heavy atom. The summed E-state index contributed by atoms with van der Waals surface area (Å²) in [5, 5.41) is 28.1. The van der Waals surface area contributed by atoms with Gasteiger partial charge < -0.3 is 5.11 Å². The van der Waals surface area contributed by atoms with Gasteiger partial charge in [-0.1, -0.05) is 12.1 Å². The topological polar surface area (TPSA) is 88.1 Å². The van der Waals surface area contributed by atoms with Crippen LogP contribution in [-0.2, 0) is 0 Å². The van der Waals surface area contributed by atoms with E-state index in [0.717, 1.165) is 5.56 Å². The zero-order valence-electron chi connectivity index (χ0n) is 11.3. The minimum absolute atomic E-state index is 0.0317. The van der Waals surface area contributed by atoms with Crippen molar-refractivity contribution in [3.8, 4) is 5.75 Å². The number of non-ortho nitro benzene ring substituents is 1. The molecule has 6 heteroatoms. The molecule has 0 aliphatic heterocycles. The molecule has 0 bridgehead atoms. The minimum atomic E-state index is -0.452. The fraction of sp³-hybridized carbons (Fsp3) is 0.0667. The predicted molar refractivity (Wildman–Crippen MR) is 81.0 cm³/mol. The minimum Gasteiger partial charge on any atom is -0.507 e. The highest BCUT2D eigenvalue weighted by atomic mass is 16.6. The van der Waals surface area contributed by atoms with E-state index in [0.29, 0.717) is 11.3 Å². The van der Waals surface area contributed by atoms with Crippen LogP contribution >= 0.6 is 0 Å². The van der Waals surface area contributed by atoms with Crippen molar-refractivity contribution in [2.45, 2.75) is 6.92 Å². The summed E-state index contributed by atoms with van der Waals surface area (Å²) in [6, 6.07) is 12.9. The standard InChI is InChI=1S/C15H13N3O3/c1-11(12-6-8-14(9-7-12)18(20)21)17-16-10-13-4-2-3-5-15(13)19/h2-10,19H,1H3/b16-10+,17-11+. The second-order valence-electron chi connectivity index (χ2n) is 4.29. The lowest BCUT2D eigenvalue weighted by Gasteiger charge is -1.98. The Kier molecular flexibility index (Phi) is 4.40. The largest absolute Gasteiger partial charge is 0.507 e. The van der Waals surface area contributed by atoms with Gasteiger partial charge in [0.25, 0.3) is 5.69 Å². The van der Waals surface area contributed by atoms with E-state index in [4.69, 9.17) is 0 Å². The van der Waals surface area contributed by atoms with Crippen LogP contribution in [0.1, 0.15) is 18.1 Å². The molecule has 2 aromatic rings. The van der Waals surface area contributed by atoms with Crippen molar-refractivity contribution < 1.29 is 10.0 Å². The van der Waals surface area contributed by atoms with Crippen molar-refractivity contribution in [2.75, 3.05) is 0 Å². The van der Waals surface area contributed by atoms with Crippen molar-refractivity contribution in [1.29, 1.82) is 0 Å². The van der Waals surface area contributed by atoms with Crippen LogP contribution in [0, 0.1) is 10.1 Å². The van der Waals surface area contributed by atoms with Crippen LogP contribution in [0.5, 0.6) is 5.75 Å². The average Bonchev–Trinajstić information content (AvgIpc) is 2.49. The molecule has 0 radical (unpaired) electrons. The second-order valence-corrected chi connectivity index (χ2v) is 4.29. The highest BCUT2D eigenvalue weighted by molar-refractivity contribution is 5.99. The molecule has 106 valence electrons. The van der Waals surface area contributed by atoms with Crippen LogP contribution in [-0.4, -0.2) is 22.0 Å². The molecule has 2 aromatic carbocycles. The summed E-state index contributed by atoms with van der Waals surface area (Å²) in [4.78, 5) is 10.1. The van der Waals surface area contributed by atoms with Crippen LogP contribution < -0.4 is 0 Å². The number of phenols is 1. The van der Waals surface area contributed by atoms with E-state index in [-0.39, 0.29) is 11.4 Å². The van der Waals surface area contributed by atoms with E-state index < -0.39 is 4.92 Å². The molecule has 21 heavy (non-hydrogen) atoms. The number of para-hydroxylation sites is 1. The molecule has 0 spiro atoms. The van der Waals surface area contributed by atoms with E-state index in [1.807, 2.05) is 0 Å². The summed E-state index contributed by atoms with van der Waals surface area (Å²) in [5.74, 6) is 0.129.